The highest BCUT2D eigenvalue weighted by Crippen LogP contribution is 1.96. The fourth-order valence-corrected chi connectivity index (χ4v) is 0.802. The molecule has 0 aliphatic carbocycles. The molecular formula is C10H19NO4. The van der Waals surface area contributed by atoms with E-state index in [0.717, 1.165) is 0 Å². The summed E-state index contributed by atoms with van der Waals surface area (Å²) >= 11 is 0. The van der Waals surface area contributed by atoms with Crippen molar-refractivity contribution in [2.45, 2.75) is 39.8 Å². The Morgan fingerprint density at radius 3 is 2.13 bits per heavy atom. The van der Waals surface area contributed by atoms with Crippen molar-refractivity contribution in [2.24, 2.45) is 5.92 Å². The van der Waals surface area contributed by atoms with E-state index >= 15 is 0 Å². The normalized spacial score (nSPS) is 12.9. The summed E-state index contributed by atoms with van der Waals surface area (Å²) in [7, 11) is 0. The van der Waals surface area contributed by atoms with Gasteiger partial charge in [0.15, 0.2) is 6.04 Å². The van der Waals surface area contributed by atoms with Crippen molar-refractivity contribution in [2.75, 3.05) is 6.61 Å². The molecule has 0 aromatic carbocycles. The zero-order chi connectivity index (χ0) is 12.0. The Kier molecular flexibility index (Phi) is 5.93. The third-order valence-electron chi connectivity index (χ3n) is 1.74. The minimum Gasteiger partial charge on any atom is -0.480 e. The highest BCUT2D eigenvalue weighted by atomic mass is 16.5. The van der Waals surface area contributed by atoms with Gasteiger partial charge in [0.25, 0.3) is 0 Å². The second kappa shape index (κ2) is 6.40. The molecule has 0 rings (SSSR count). The lowest BCUT2D eigenvalue weighted by Gasteiger charge is -2.17. The Morgan fingerprint density at radius 1 is 1.27 bits per heavy atom. The number of hydrogen-bond donors (Lipinski definition) is 2. The van der Waals surface area contributed by atoms with Crippen molar-refractivity contribution in [3.05, 3.63) is 0 Å². The van der Waals surface area contributed by atoms with Gasteiger partial charge in [-0.25, -0.2) is 4.79 Å². The molecule has 88 valence electrons. The molecular weight excluding hydrogens is 198 g/mol. The van der Waals surface area contributed by atoms with Crippen molar-refractivity contribution in [3.8, 4) is 0 Å². The van der Waals surface area contributed by atoms with Crippen LogP contribution in [0.2, 0.25) is 0 Å². The molecule has 0 aromatic rings. The smallest absolute Gasteiger partial charge is 0.328 e. The molecule has 5 heteroatoms. The summed E-state index contributed by atoms with van der Waals surface area (Å²) in [6.45, 7) is 7.02. The van der Waals surface area contributed by atoms with Crippen molar-refractivity contribution < 1.29 is 19.4 Å². The van der Waals surface area contributed by atoms with Gasteiger partial charge >= 0.3 is 5.97 Å². The first kappa shape index (κ1) is 13.9. The van der Waals surface area contributed by atoms with Gasteiger partial charge in [-0.1, -0.05) is 13.8 Å². The van der Waals surface area contributed by atoms with E-state index in [-0.39, 0.29) is 24.5 Å². The number of rotatable bonds is 6. The molecule has 0 bridgehead atoms. The predicted molar refractivity (Wildman–Crippen MR) is 55.5 cm³/mol. The van der Waals surface area contributed by atoms with Crippen LogP contribution >= 0.6 is 0 Å². The fourth-order valence-electron chi connectivity index (χ4n) is 0.802. The Balaban J connectivity index is 4.17. The predicted octanol–water partition coefficient (Wildman–Crippen LogP) is 0.637. The van der Waals surface area contributed by atoms with Gasteiger partial charge in [-0.05, 0) is 13.8 Å². The molecule has 0 saturated heterocycles. The zero-order valence-electron chi connectivity index (χ0n) is 9.61. The van der Waals surface area contributed by atoms with Gasteiger partial charge in [0, 0.05) is 5.92 Å². The number of carbonyl (C=O) groups excluding carboxylic acids is 1. The number of nitrogens with one attached hydrogen (secondary N) is 1. The van der Waals surface area contributed by atoms with Crippen LogP contribution in [0, 0.1) is 5.92 Å². The van der Waals surface area contributed by atoms with Crippen molar-refractivity contribution in [3.63, 3.8) is 0 Å². The minimum atomic E-state index is -1.08. The average Bonchev–Trinajstić information content (AvgIpc) is 2.10. The first-order valence-electron chi connectivity index (χ1n) is 4.99. The Morgan fingerprint density at radius 2 is 1.80 bits per heavy atom. The molecule has 1 atom stereocenters. The second-order valence-electron chi connectivity index (χ2n) is 3.94. The maximum atomic E-state index is 11.3. The number of amides is 1. The highest BCUT2D eigenvalue weighted by Gasteiger charge is 2.21. The summed E-state index contributed by atoms with van der Waals surface area (Å²) < 4.78 is 5.15. The minimum absolute atomic E-state index is 0.00847. The molecule has 15 heavy (non-hydrogen) atoms. The van der Waals surface area contributed by atoms with E-state index in [1.54, 1.807) is 13.8 Å². The molecule has 0 heterocycles. The van der Waals surface area contributed by atoms with E-state index in [1.165, 1.54) is 0 Å². The summed E-state index contributed by atoms with van der Waals surface area (Å²) in [4.78, 5) is 22.0. The van der Waals surface area contributed by atoms with E-state index < -0.39 is 12.0 Å². The molecule has 0 spiro atoms. The topological polar surface area (TPSA) is 75.6 Å². The number of carboxylic acids is 1. The Hall–Kier alpha value is -1.10. The summed E-state index contributed by atoms with van der Waals surface area (Å²) in [6, 6.07) is -0.970. The summed E-state index contributed by atoms with van der Waals surface area (Å²) in [6.07, 6.45) is -0.0530. The molecule has 0 aliphatic rings. The van der Waals surface area contributed by atoms with Crippen LogP contribution in [0.4, 0.5) is 0 Å². The third-order valence-corrected chi connectivity index (χ3v) is 1.74. The van der Waals surface area contributed by atoms with Crippen molar-refractivity contribution in [1.82, 2.24) is 5.32 Å². The standard InChI is InChI=1S/C10H19NO4/c1-6(2)9(12)11-8(10(13)14)5-15-7(3)4/h6-8H,5H2,1-4H3,(H,11,12)(H,13,14). The third kappa shape index (κ3) is 6.06. The first-order valence-corrected chi connectivity index (χ1v) is 4.99. The van der Waals surface area contributed by atoms with Crippen LogP contribution in [0.3, 0.4) is 0 Å². The molecule has 0 saturated carbocycles. The van der Waals surface area contributed by atoms with E-state index in [0.29, 0.717) is 0 Å². The highest BCUT2D eigenvalue weighted by molar-refractivity contribution is 5.84. The van der Waals surface area contributed by atoms with E-state index in [2.05, 4.69) is 5.32 Å². The summed E-state index contributed by atoms with van der Waals surface area (Å²) in [5.74, 6) is -1.59. The molecule has 0 radical (unpaired) electrons. The zero-order valence-corrected chi connectivity index (χ0v) is 9.61. The van der Waals surface area contributed by atoms with Crippen LogP contribution in [0.1, 0.15) is 27.7 Å². The Labute approximate surface area is 89.8 Å². The van der Waals surface area contributed by atoms with E-state index in [1.807, 2.05) is 13.8 Å². The molecule has 5 nitrogen and oxygen atoms in total. The van der Waals surface area contributed by atoms with E-state index in [4.69, 9.17) is 9.84 Å². The molecule has 1 amide bonds. The SMILES string of the molecule is CC(C)OCC(NC(=O)C(C)C)C(=O)O. The maximum absolute atomic E-state index is 11.3. The number of aliphatic carboxylic acids is 1. The lowest BCUT2D eigenvalue weighted by Crippen LogP contribution is -2.45. The quantitative estimate of drug-likeness (QED) is 0.684. The van der Waals surface area contributed by atoms with Gasteiger partial charge in [0.2, 0.25) is 5.91 Å². The molecule has 0 aliphatic heterocycles. The van der Waals surface area contributed by atoms with Crippen molar-refractivity contribution >= 4 is 11.9 Å². The number of ether oxygens (including phenoxy) is 1. The molecule has 1 unspecified atom stereocenters. The van der Waals surface area contributed by atoms with Crippen LogP contribution in [0.25, 0.3) is 0 Å². The van der Waals surface area contributed by atoms with Crippen molar-refractivity contribution in [1.29, 1.82) is 0 Å². The molecule has 2 N–H and O–H groups in total. The number of carboxylic acid groups (broad SMARTS) is 1. The number of hydrogen-bond acceptors (Lipinski definition) is 3. The molecule has 0 fully saturated rings. The molecule has 0 aromatic heterocycles. The lowest BCUT2D eigenvalue weighted by atomic mass is 10.2. The largest absolute Gasteiger partial charge is 0.480 e. The summed E-state index contributed by atoms with van der Waals surface area (Å²) in [5.41, 5.74) is 0. The second-order valence-corrected chi connectivity index (χ2v) is 3.94. The van der Waals surface area contributed by atoms with E-state index in [9.17, 15) is 9.59 Å². The van der Waals surface area contributed by atoms with Crippen LogP contribution < -0.4 is 5.32 Å². The van der Waals surface area contributed by atoms with Crippen LogP contribution in [0.15, 0.2) is 0 Å². The van der Waals surface area contributed by atoms with Crippen LogP contribution in [-0.4, -0.2) is 35.7 Å². The van der Waals surface area contributed by atoms with Gasteiger partial charge in [-0.2, -0.15) is 0 Å². The monoisotopic (exact) mass is 217 g/mol. The van der Waals surface area contributed by atoms with Gasteiger partial charge < -0.3 is 15.2 Å². The van der Waals surface area contributed by atoms with Crippen LogP contribution in [-0.2, 0) is 14.3 Å². The maximum Gasteiger partial charge on any atom is 0.328 e. The Bertz CT molecular complexity index is 225. The van der Waals surface area contributed by atoms with Gasteiger partial charge in [0.1, 0.15) is 0 Å². The van der Waals surface area contributed by atoms with Gasteiger partial charge in [-0.3, -0.25) is 4.79 Å². The fraction of sp³-hybridized carbons (Fsp3) is 0.800. The average molecular weight is 217 g/mol. The number of carbonyl (C=O) groups is 2. The van der Waals surface area contributed by atoms with Gasteiger partial charge in [0.05, 0.1) is 12.7 Å². The van der Waals surface area contributed by atoms with Gasteiger partial charge in [-0.15, -0.1) is 0 Å². The van der Waals surface area contributed by atoms with Crippen LogP contribution in [0.5, 0.6) is 0 Å². The lowest BCUT2D eigenvalue weighted by molar-refractivity contribution is -0.144. The summed E-state index contributed by atoms with van der Waals surface area (Å²) in [5, 5.41) is 11.2. The first-order chi connectivity index (χ1) is 6.84.